The predicted molar refractivity (Wildman–Crippen MR) is 79.8 cm³/mol. The average molecular weight is 258 g/mol. The van der Waals surface area contributed by atoms with Gasteiger partial charge in [0, 0.05) is 31.9 Å². The molecule has 0 unspecified atom stereocenters. The van der Waals surface area contributed by atoms with E-state index < -0.39 is 0 Å². The van der Waals surface area contributed by atoms with Crippen molar-refractivity contribution in [2.75, 3.05) is 11.9 Å². The molecule has 1 heterocycles. The van der Waals surface area contributed by atoms with Crippen molar-refractivity contribution in [1.82, 2.24) is 9.78 Å². The molecule has 0 aliphatic carbocycles. The van der Waals surface area contributed by atoms with E-state index in [4.69, 9.17) is 5.73 Å². The molecule has 0 atom stereocenters. The first kappa shape index (κ1) is 13.6. The van der Waals surface area contributed by atoms with Gasteiger partial charge in [0.2, 0.25) is 0 Å². The van der Waals surface area contributed by atoms with Gasteiger partial charge in [-0.2, -0.15) is 5.10 Å². The Morgan fingerprint density at radius 2 is 1.95 bits per heavy atom. The predicted octanol–water partition coefficient (Wildman–Crippen LogP) is 2.57. The molecule has 0 saturated carbocycles. The summed E-state index contributed by atoms with van der Waals surface area (Å²) in [6, 6.07) is 6.47. The van der Waals surface area contributed by atoms with E-state index in [-0.39, 0.29) is 0 Å². The summed E-state index contributed by atoms with van der Waals surface area (Å²) in [6.45, 7) is 6.74. The highest BCUT2D eigenvalue weighted by atomic mass is 15.4. The van der Waals surface area contributed by atoms with Crippen molar-refractivity contribution in [1.29, 1.82) is 0 Å². The van der Waals surface area contributed by atoms with Crippen LogP contribution in [-0.2, 0) is 13.6 Å². The molecule has 0 aliphatic heterocycles. The molecule has 0 fully saturated rings. The Balaban J connectivity index is 2.52. The molecule has 102 valence electrons. The third kappa shape index (κ3) is 2.36. The lowest BCUT2D eigenvalue weighted by Crippen LogP contribution is -2.17. The van der Waals surface area contributed by atoms with Crippen molar-refractivity contribution in [3.8, 4) is 0 Å². The van der Waals surface area contributed by atoms with Gasteiger partial charge in [-0.3, -0.25) is 4.68 Å². The number of nitrogens with two attached hydrogens (primary N) is 1. The Morgan fingerprint density at radius 3 is 2.53 bits per heavy atom. The van der Waals surface area contributed by atoms with Gasteiger partial charge in [0.25, 0.3) is 0 Å². The van der Waals surface area contributed by atoms with E-state index in [0.717, 1.165) is 17.1 Å². The lowest BCUT2D eigenvalue weighted by Gasteiger charge is -2.23. The molecular formula is C15H22N4. The zero-order chi connectivity index (χ0) is 14.2. The number of rotatable bonds is 3. The van der Waals surface area contributed by atoms with E-state index in [0.29, 0.717) is 6.54 Å². The summed E-state index contributed by atoms with van der Waals surface area (Å²) in [5.41, 5.74) is 11.7. The van der Waals surface area contributed by atoms with Crippen molar-refractivity contribution in [2.45, 2.75) is 27.3 Å². The number of hydrogen-bond donors (Lipinski definition) is 1. The van der Waals surface area contributed by atoms with E-state index in [9.17, 15) is 0 Å². The normalized spacial score (nSPS) is 10.8. The first-order valence-electron chi connectivity index (χ1n) is 6.49. The van der Waals surface area contributed by atoms with Crippen LogP contribution in [0.5, 0.6) is 0 Å². The average Bonchev–Trinajstić information content (AvgIpc) is 2.62. The number of benzene rings is 1. The lowest BCUT2D eigenvalue weighted by atomic mass is 10.1. The van der Waals surface area contributed by atoms with Gasteiger partial charge in [0.15, 0.2) is 0 Å². The van der Waals surface area contributed by atoms with Crippen LogP contribution in [-0.4, -0.2) is 16.8 Å². The minimum Gasteiger partial charge on any atom is -0.329 e. The summed E-state index contributed by atoms with van der Waals surface area (Å²) in [7, 11) is 4.02. The Hall–Kier alpha value is -1.81. The SMILES string of the molecule is Cc1ccc(N(C)c2c(CN)c(C)nn2C)c(C)c1. The number of anilines is 2. The molecule has 0 saturated heterocycles. The van der Waals surface area contributed by atoms with Crippen molar-refractivity contribution < 1.29 is 0 Å². The van der Waals surface area contributed by atoms with E-state index >= 15 is 0 Å². The summed E-state index contributed by atoms with van der Waals surface area (Å²) < 4.78 is 1.90. The molecule has 1 aromatic carbocycles. The molecular weight excluding hydrogens is 236 g/mol. The molecule has 1 aromatic heterocycles. The third-order valence-corrected chi connectivity index (χ3v) is 3.55. The largest absolute Gasteiger partial charge is 0.329 e. The van der Waals surface area contributed by atoms with Crippen LogP contribution in [0, 0.1) is 20.8 Å². The first-order chi connectivity index (χ1) is 8.95. The Morgan fingerprint density at radius 1 is 1.26 bits per heavy atom. The maximum absolute atomic E-state index is 5.86. The molecule has 2 rings (SSSR count). The highest BCUT2D eigenvalue weighted by molar-refractivity contribution is 5.66. The van der Waals surface area contributed by atoms with Crippen LogP contribution >= 0.6 is 0 Å². The van der Waals surface area contributed by atoms with E-state index in [2.05, 4.69) is 49.1 Å². The molecule has 0 bridgehead atoms. The lowest BCUT2D eigenvalue weighted by molar-refractivity contribution is 0.750. The van der Waals surface area contributed by atoms with Crippen molar-refractivity contribution >= 4 is 11.5 Å². The molecule has 2 N–H and O–H groups in total. The highest BCUT2D eigenvalue weighted by Crippen LogP contribution is 2.30. The summed E-state index contributed by atoms with van der Waals surface area (Å²) in [5.74, 6) is 1.06. The van der Waals surface area contributed by atoms with Crippen molar-refractivity contribution in [3.05, 3.63) is 40.6 Å². The van der Waals surface area contributed by atoms with Crippen LogP contribution in [0.25, 0.3) is 0 Å². The van der Waals surface area contributed by atoms with Crippen LogP contribution in [0.4, 0.5) is 11.5 Å². The fourth-order valence-corrected chi connectivity index (χ4v) is 2.64. The van der Waals surface area contributed by atoms with Gasteiger partial charge >= 0.3 is 0 Å². The monoisotopic (exact) mass is 258 g/mol. The molecule has 0 amide bonds. The Kier molecular flexibility index (Phi) is 3.62. The van der Waals surface area contributed by atoms with Crippen LogP contribution in [0.2, 0.25) is 0 Å². The second-order valence-corrected chi connectivity index (χ2v) is 5.06. The molecule has 0 aliphatic rings. The fourth-order valence-electron chi connectivity index (χ4n) is 2.64. The van der Waals surface area contributed by atoms with Crippen LogP contribution in [0.3, 0.4) is 0 Å². The van der Waals surface area contributed by atoms with Crippen molar-refractivity contribution in [3.63, 3.8) is 0 Å². The zero-order valence-electron chi connectivity index (χ0n) is 12.4. The zero-order valence-corrected chi connectivity index (χ0v) is 12.4. The van der Waals surface area contributed by atoms with E-state index in [1.54, 1.807) is 0 Å². The summed E-state index contributed by atoms with van der Waals surface area (Å²) in [4.78, 5) is 2.16. The van der Waals surface area contributed by atoms with Gasteiger partial charge in [-0.05, 0) is 32.4 Å². The maximum atomic E-state index is 5.86. The fraction of sp³-hybridized carbons (Fsp3) is 0.400. The minimum absolute atomic E-state index is 0.504. The Bertz CT molecular complexity index is 598. The van der Waals surface area contributed by atoms with Gasteiger partial charge < -0.3 is 10.6 Å². The summed E-state index contributed by atoms with van der Waals surface area (Å²) in [5, 5.41) is 4.47. The molecule has 19 heavy (non-hydrogen) atoms. The molecule has 0 spiro atoms. The van der Waals surface area contributed by atoms with Crippen LogP contribution in [0.15, 0.2) is 18.2 Å². The first-order valence-corrected chi connectivity index (χ1v) is 6.49. The number of nitrogens with zero attached hydrogens (tertiary/aromatic N) is 3. The van der Waals surface area contributed by atoms with Gasteiger partial charge in [0.05, 0.1) is 5.69 Å². The van der Waals surface area contributed by atoms with Crippen molar-refractivity contribution in [2.24, 2.45) is 12.8 Å². The van der Waals surface area contributed by atoms with Gasteiger partial charge in [-0.1, -0.05) is 17.7 Å². The molecule has 4 heteroatoms. The third-order valence-electron chi connectivity index (χ3n) is 3.55. The maximum Gasteiger partial charge on any atom is 0.135 e. The quantitative estimate of drug-likeness (QED) is 0.920. The topological polar surface area (TPSA) is 47.1 Å². The van der Waals surface area contributed by atoms with Gasteiger partial charge in [-0.25, -0.2) is 0 Å². The van der Waals surface area contributed by atoms with E-state index in [1.165, 1.54) is 16.8 Å². The molecule has 2 aromatic rings. The minimum atomic E-state index is 0.504. The number of aromatic nitrogens is 2. The summed E-state index contributed by atoms with van der Waals surface area (Å²) in [6.07, 6.45) is 0. The molecule has 0 radical (unpaired) electrons. The second-order valence-electron chi connectivity index (χ2n) is 5.06. The standard InChI is InChI=1S/C15H22N4/c1-10-6-7-14(11(2)8-10)18(4)15-13(9-16)12(3)17-19(15)5/h6-8H,9,16H2,1-5H3. The molecule has 4 nitrogen and oxygen atoms in total. The second kappa shape index (κ2) is 5.05. The smallest absolute Gasteiger partial charge is 0.135 e. The van der Waals surface area contributed by atoms with Crippen LogP contribution in [0.1, 0.15) is 22.4 Å². The van der Waals surface area contributed by atoms with Gasteiger partial charge in [-0.15, -0.1) is 0 Å². The van der Waals surface area contributed by atoms with Gasteiger partial charge in [0.1, 0.15) is 5.82 Å². The number of hydrogen-bond acceptors (Lipinski definition) is 3. The Labute approximate surface area is 114 Å². The highest BCUT2D eigenvalue weighted by Gasteiger charge is 2.17. The van der Waals surface area contributed by atoms with E-state index in [1.807, 2.05) is 18.7 Å². The number of aryl methyl sites for hydroxylation is 4. The summed E-state index contributed by atoms with van der Waals surface area (Å²) >= 11 is 0. The van der Waals surface area contributed by atoms with Crippen LogP contribution < -0.4 is 10.6 Å².